The van der Waals surface area contributed by atoms with Crippen molar-refractivity contribution in [2.45, 2.75) is 19.3 Å². The Morgan fingerprint density at radius 1 is 1.06 bits per heavy atom. The molecule has 1 saturated carbocycles. The summed E-state index contributed by atoms with van der Waals surface area (Å²) >= 11 is 0. The summed E-state index contributed by atoms with van der Waals surface area (Å²) in [4.78, 5) is 23.8. The number of aromatic amines is 1. The Bertz CT molecular complexity index is 1470. The average Bonchev–Trinajstić information content (AvgIpc) is 3.47. The van der Waals surface area contributed by atoms with Crippen LogP contribution in [0.15, 0.2) is 67.1 Å². The Hall–Kier alpha value is -4.20. The number of rotatable bonds is 8. The van der Waals surface area contributed by atoms with E-state index in [9.17, 15) is 4.79 Å². The van der Waals surface area contributed by atoms with Crippen molar-refractivity contribution < 1.29 is 9.53 Å². The lowest BCUT2D eigenvalue weighted by molar-refractivity contribution is -0.122. The molecule has 4 heterocycles. The number of amides is 1. The summed E-state index contributed by atoms with van der Waals surface area (Å²) in [7, 11) is 0. The first-order valence-electron chi connectivity index (χ1n) is 11.5. The average molecular weight is 453 g/mol. The Morgan fingerprint density at radius 2 is 1.94 bits per heavy atom. The number of H-pyrrole nitrogens is 1. The quantitative estimate of drug-likeness (QED) is 0.343. The molecular formula is C26H24N6O2. The van der Waals surface area contributed by atoms with E-state index in [4.69, 9.17) is 9.84 Å². The van der Waals surface area contributed by atoms with Gasteiger partial charge in [0.2, 0.25) is 5.91 Å². The number of carbonyl (C=O) groups is 1. The second-order valence-corrected chi connectivity index (χ2v) is 8.56. The first kappa shape index (κ1) is 20.4. The van der Waals surface area contributed by atoms with Crippen molar-refractivity contribution in [3.63, 3.8) is 0 Å². The Kier molecular flexibility index (Phi) is 5.18. The summed E-state index contributed by atoms with van der Waals surface area (Å²) in [6, 6.07) is 15.9. The van der Waals surface area contributed by atoms with E-state index in [1.165, 1.54) is 0 Å². The van der Waals surface area contributed by atoms with Gasteiger partial charge in [0.1, 0.15) is 11.4 Å². The molecule has 2 N–H and O–H groups in total. The minimum atomic E-state index is 0.177. The number of pyridine rings is 1. The van der Waals surface area contributed by atoms with Gasteiger partial charge in [-0.1, -0.05) is 0 Å². The van der Waals surface area contributed by atoms with E-state index in [1.807, 2.05) is 65.6 Å². The molecule has 1 fully saturated rings. The molecule has 0 spiro atoms. The van der Waals surface area contributed by atoms with Gasteiger partial charge in [-0.15, -0.1) is 0 Å². The monoisotopic (exact) mass is 452 g/mol. The maximum Gasteiger partial charge on any atom is 0.223 e. The molecule has 0 unspecified atom stereocenters. The third-order valence-electron chi connectivity index (χ3n) is 6.05. The number of benzene rings is 1. The molecule has 8 nitrogen and oxygen atoms in total. The van der Waals surface area contributed by atoms with Crippen LogP contribution in [0.1, 0.15) is 19.3 Å². The van der Waals surface area contributed by atoms with Gasteiger partial charge >= 0.3 is 0 Å². The van der Waals surface area contributed by atoms with E-state index in [2.05, 4.69) is 26.3 Å². The molecule has 1 aromatic carbocycles. The highest BCUT2D eigenvalue weighted by molar-refractivity contribution is 5.81. The molecule has 4 aromatic heterocycles. The summed E-state index contributed by atoms with van der Waals surface area (Å²) in [6.45, 7) is 1.21. The number of hydrogen-bond acceptors (Lipinski definition) is 5. The molecule has 6 rings (SSSR count). The Labute approximate surface area is 196 Å². The van der Waals surface area contributed by atoms with Crippen molar-refractivity contribution in [3.05, 3.63) is 67.1 Å². The van der Waals surface area contributed by atoms with Gasteiger partial charge in [-0.3, -0.25) is 4.79 Å². The summed E-state index contributed by atoms with van der Waals surface area (Å²) in [6.07, 6.45) is 8.38. The second-order valence-electron chi connectivity index (χ2n) is 8.56. The number of fused-ring (bicyclic) bond motifs is 2. The summed E-state index contributed by atoms with van der Waals surface area (Å²) in [5.41, 5.74) is 5.32. The first-order chi connectivity index (χ1) is 16.7. The Balaban J connectivity index is 1.15. The SMILES string of the molecule is O=C(NCCCOc1ccc(-c2ccc3ncc(-c4cnc5[nH]ccc5c4)n3n2)cc1)C1CC1. The number of ether oxygens (including phenoxy) is 1. The standard InChI is InChI=1S/C26H24N6O2/c33-26(18-2-3-18)28-11-1-13-34-21-6-4-17(5-7-21)22-8-9-24-29-16-23(32(24)31-22)20-14-19-10-12-27-25(19)30-15-20/h4-10,12,14-16,18H,1-3,11,13H2,(H,27,30)(H,28,33). The fourth-order valence-electron chi connectivity index (χ4n) is 3.99. The molecule has 170 valence electrons. The molecule has 8 heteroatoms. The third-order valence-corrected chi connectivity index (χ3v) is 6.05. The fraction of sp³-hybridized carbons (Fsp3) is 0.231. The normalized spacial score (nSPS) is 13.4. The minimum absolute atomic E-state index is 0.177. The molecule has 0 bridgehead atoms. The highest BCUT2D eigenvalue weighted by Crippen LogP contribution is 2.28. The molecule has 5 aromatic rings. The summed E-state index contributed by atoms with van der Waals surface area (Å²) < 4.78 is 7.67. The lowest BCUT2D eigenvalue weighted by Crippen LogP contribution is -2.26. The molecule has 1 aliphatic carbocycles. The van der Waals surface area contributed by atoms with Crippen molar-refractivity contribution in [2.75, 3.05) is 13.2 Å². The van der Waals surface area contributed by atoms with Gasteiger partial charge in [-0.25, -0.2) is 14.5 Å². The maximum atomic E-state index is 11.6. The van der Waals surface area contributed by atoms with E-state index in [0.717, 1.165) is 64.2 Å². The highest BCUT2D eigenvalue weighted by Gasteiger charge is 2.28. The van der Waals surface area contributed by atoms with Gasteiger partial charge in [0.05, 0.1) is 24.2 Å². The van der Waals surface area contributed by atoms with E-state index in [0.29, 0.717) is 13.2 Å². The van der Waals surface area contributed by atoms with Crippen LogP contribution >= 0.6 is 0 Å². The van der Waals surface area contributed by atoms with Gasteiger partial charge in [0.25, 0.3) is 0 Å². The van der Waals surface area contributed by atoms with Crippen LogP contribution in [0.4, 0.5) is 0 Å². The van der Waals surface area contributed by atoms with Crippen LogP contribution in [0, 0.1) is 5.92 Å². The predicted molar refractivity (Wildman–Crippen MR) is 129 cm³/mol. The van der Waals surface area contributed by atoms with Crippen LogP contribution in [-0.4, -0.2) is 43.6 Å². The molecule has 0 radical (unpaired) electrons. The minimum Gasteiger partial charge on any atom is -0.494 e. The van der Waals surface area contributed by atoms with Gasteiger partial charge in [-0.2, -0.15) is 5.10 Å². The number of nitrogens with zero attached hydrogens (tertiary/aromatic N) is 4. The van der Waals surface area contributed by atoms with Crippen molar-refractivity contribution in [1.29, 1.82) is 0 Å². The lowest BCUT2D eigenvalue weighted by Gasteiger charge is -2.08. The van der Waals surface area contributed by atoms with Crippen LogP contribution in [0.25, 0.3) is 39.2 Å². The zero-order valence-electron chi connectivity index (χ0n) is 18.6. The van der Waals surface area contributed by atoms with Crippen LogP contribution in [-0.2, 0) is 4.79 Å². The van der Waals surface area contributed by atoms with E-state index < -0.39 is 0 Å². The summed E-state index contributed by atoms with van der Waals surface area (Å²) in [5, 5.41) is 8.84. The van der Waals surface area contributed by atoms with E-state index in [-0.39, 0.29) is 11.8 Å². The molecule has 0 saturated heterocycles. The largest absolute Gasteiger partial charge is 0.494 e. The maximum absolute atomic E-state index is 11.6. The predicted octanol–water partition coefficient (Wildman–Crippen LogP) is 4.23. The molecular weight excluding hydrogens is 428 g/mol. The molecule has 1 aliphatic rings. The first-order valence-corrected chi connectivity index (χ1v) is 11.5. The zero-order chi connectivity index (χ0) is 22.9. The summed E-state index contributed by atoms with van der Waals surface area (Å²) in [5.74, 6) is 1.22. The molecule has 0 aliphatic heterocycles. The zero-order valence-corrected chi connectivity index (χ0v) is 18.6. The number of aromatic nitrogens is 5. The number of carbonyl (C=O) groups excluding carboxylic acids is 1. The Morgan fingerprint density at radius 3 is 2.79 bits per heavy atom. The van der Waals surface area contributed by atoms with Crippen molar-refractivity contribution in [2.24, 2.45) is 5.92 Å². The molecule has 1 amide bonds. The van der Waals surface area contributed by atoms with Gasteiger partial charge in [-0.05, 0) is 67.8 Å². The second kappa shape index (κ2) is 8.62. The van der Waals surface area contributed by atoms with Gasteiger partial charge in [0, 0.05) is 41.4 Å². The van der Waals surface area contributed by atoms with Gasteiger partial charge < -0.3 is 15.0 Å². The highest BCUT2D eigenvalue weighted by atomic mass is 16.5. The molecule has 34 heavy (non-hydrogen) atoms. The lowest BCUT2D eigenvalue weighted by atomic mass is 10.1. The fourth-order valence-corrected chi connectivity index (χ4v) is 3.99. The van der Waals surface area contributed by atoms with Crippen LogP contribution in [0.3, 0.4) is 0 Å². The smallest absolute Gasteiger partial charge is 0.223 e. The number of imidazole rings is 1. The number of hydrogen-bond donors (Lipinski definition) is 2. The van der Waals surface area contributed by atoms with Crippen LogP contribution < -0.4 is 10.1 Å². The van der Waals surface area contributed by atoms with E-state index in [1.54, 1.807) is 0 Å². The van der Waals surface area contributed by atoms with Crippen LogP contribution in [0.2, 0.25) is 0 Å². The van der Waals surface area contributed by atoms with Crippen molar-refractivity contribution >= 4 is 22.6 Å². The van der Waals surface area contributed by atoms with E-state index >= 15 is 0 Å². The van der Waals surface area contributed by atoms with Crippen LogP contribution in [0.5, 0.6) is 5.75 Å². The van der Waals surface area contributed by atoms with Crippen molar-refractivity contribution in [3.8, 4) is 28.3 Å². The van der Waals surface area contributed by atoms with Gasteiger partial charge in [0.15, 0.2) is 5.65 Å². The molecule has 0 atom stereocenters. The third kappa shape index (κ3) is 4.10. The van der Waals surface area contributed by atoms with Crippen molar-refractivity contribution in [1.82, 2.24) is 29.9 Å². The topological polar surface area (TPSA) is 97.2 Å². The number of nitrogens with one attached hydrogen (secondary N) is 2.